The quantitative estimate of drug-likeness (QED) is 0.903. The number of rotatable bonds is 3. The summed E-state index contributed by atoms with van der Waals surface area (Å²) in [5.74, 6) is -1.18. The van der Waals surface area contributed by atoms with E-state index in [9.17, 15) is 17.6 Å². The fourth-order valence-electron chi connectivity index (χ4n) is 1.64. The molecule has 104 valence electrons. The number of nitrogens with two attached hydrogens (primary N) is 1. The summed E-state index contributed by atoms with van der Waals surface area (Å²) in [6.45, 7) is 0. The average Bonchev–Trinajstić information content (AvgIpc) is 2.38. The van der Waals surface area contributed by atoms with Crippen LogP contribution in [0.15, 0.2) is 53.4 Å². The molecule has 5 nitrogen and oxygen atoms in total. The molecule has 0 atom stereocenters. The van der Waals surface area contributed by atoms with Gasteiger partial charge in [0.25, 0.3) is 5.91 Å². The Balaban J connectivity index is 2.34. The zero-order chi connectivity index (χ0) is 14.8. The van der Waals surface area contributed by atoms with E-state index in [4.69, 9.17) is 5.14 Å². The van der Waals surface area contributed by atoms with E-state index in [1.807, 2.05) is 0 Å². The van der Waals surface area contributed by atoms with E-state index in [-0.39, 0.29) is 16.1 Å². The summed E-state index contributed by atoms with van der Waals surface area (Å²) in [6, 6.07) is 10.8. The fraction of sp³-hybridized carbons (Fsp3) is 0. The summed E-state index contributed by atoms with van der Waals surface area (Å²) < 4.78 is 35.8. The van der Waals surface area contributed by atoms with Crippen molar-refractivity contribution in [1.29, 1.82) is 0 Å². The number of primary sulfonamides is 1. The van der Waals surface area contributed by atoms with Gasteiger partial charge in [0.1, 0.15) is 10.7 Å². The molecule has 0 aliphatic rings. The van der Waals surface area contributed by atoms with Crippen LogP contribution in [0.3, 0.4) is 0 Å². The van der Waals surface area contributed by atoms with Crippen LogP contribution in [0.5, 0.6) is 0 Å². The van der Waals surface area contributed by atoms with E-state index in [1.165, 1.54) is 36.4 Å². The lowest BCUT2D eigenvalue weighted by Crippen LogP contribution is -2.18. The van der Waals surface area contributed by atoms with Gasteiger partial charge in [-0.3, -0.25) is 4.79 Å². The van der Waals surface area contributed by atoms with Crippen molar-refractivity contribution < 1.29 is 17.6 Å². The summed E-state index contributed by atoms with van der Waals surface area (Å²) in [5.41, 5.74) is 0.124. The van der Waals surface area contributed by atoms with Crippen LogP contribution in [-0.2, 0) is 10.0 Å². The number of benzene rings is 2. The number of anilines is 1. The largest absolute Gasteiger partial charge is 0.321 e. The highest BCUT2D eigenvalue weighted by Gasteiger charge is 2.15. The minimum atomic E-state index is -3.96. The van der Waals surface area contributed by atoms with Crippen molar-refractivity contribution in [2.24, 2.45) is 5.14 Å². The summed E-state index contributed by atoms with van der Waals surface area (Å²) in [6.07, 6.45) is 0. The molecule has 0 saturated heterocycles. The van der Waals surface area contributed by atoms with Gasteiger partial charge in [-0.1, -0.05) is 18.2 Å². The Morgan fingerprint density at radius 3 is 2.45 bits per heavy atom. The molecule has 0 unspecified atom stereocenters. The molecule has 2 aromatic rings. The highest BCUT2D eigenvalue weighted by atomic mass is 32.2. The number of hydrogen-bond donors (Lipinski definition) is 2. The number of carbonyl (C=O) groups excluding carboxylic acids is 1. The standard InChI is InChI=1S/C13H11FN2O3S/c14-10-5-3-4-9(8-10)13(17)16-11-6-1-2-7-12(11)20(15,18)19/h1-8H,(H,16,17)(H2,15,18,19). The molecule has 0 heterocycles. The maximum Gasteiger partial charge on any atom is 0.255 e. The zero-order valence-electron chi connectivity index (χ0n) is 10.2. The molecule has 0 aromatic heterocycles. The Hall–Kier alpha value is -2.25. The third kappa shape index (κ3) is 3.19. The lowest BCUT2D eigenvalue weighted by Gasteiger charge is -2.09. The summed E-state index contributed by atoms with van der Waals surface area (Å²) in [7, 11) is -3.96. The Kier molecular flexibility index (Phi) is 3.82. The second kappa shape index (κ2) is 5.40. The molecule has 20 heavy (non-hydrogen) atoms. The first-order valence-electron chi connectivity index (χ1n) is 5.56. The van der Waals surface area contributed by atoms with Crippen LogP contribution in [-0.4, -0.2) is 14.3 Å². The molecule has 1 amide bonds. The van der Waals surface area contributed by atoms with E-state index in [1.54, 1.807) is 6.07 Å². The van der Waals surface area contributed by atoms with Crippen molar-refractivity contribution in [2.75, 3.05) is 5.32 Å². The Bertz CT molecular complexity index is 760. The monoisotopic (exact) mass is 294 g/mol. The number of sulfonamides is 1. The lowest BCUT2D eigenvalue weighted by atomic mass is 10.2. The van der Waals surface area contributed by atoms with E-state index >= 15 is 0 Å². The topological polar surface area (TPSA) is 89.3 Å². The van der Waals surface area contributed by atoms with Crippen molar-refractivity contribution in [3.63, 3.8) is 0 Å². The molecule has 0 bridgehead atoms. The van der Waals surface area contributed by atoms with Gasteiger partial charge in [-0.2, -0.15) is 0 Å². The molecular weight excluding hydrogens is 283 g/mol. The average molecular weight is 294 g/mol. The fourth-order valence-corrected chi connectivity index (χ4v) is 2.34. The number of amides is 1. The van der Waals surface area contributed by atoms with Gasteiger partial charge >= 0.3 is 0 Å². The highest BCUT2D eigenvalue weighted by molar-refractivity contribution is 7.89. The minimum Gasteiger partial charge on any atom is -0.321 e. The predicted octanol–water partition coefficient (Wildman–Crippen LogP) is 1.73. The molecule has 2 aromatic carbocycles. The van der Waals surface area contributed by atoms with Gasteiger partial charge in [0.15, 0.2) is 0 Å². The van der Waals surface area contributed by atoms with Gasteiger partial charge in [0.05, 0.1) is 5.69 Å². The SMILES string of the molecule is NS(=O)(=O)c1ccccc1NC(=O)c1cccc(F)c1. The highest BCUT2D eigenvalue weighted by Crippen LogP contribution is 2.20. The first kappa shape index (κ1) is 14.2. The number of halogens is 1. The van der Waals surface area contributed by atoms with Crippen molar-refractivity contribution in [1.82, 2.24) is 0 Å². The predicted molar refractivity (Wildman–Crippen MR) is 72.2 cm³/mol. The molecule has 0 aliphatic carbocycles. The van der Waals surface area contributed by atoms with E-state index in [0.717, 1.165) is 6.07 Å². The van der Waals surface area contributed by atoms with Crippen LogP contribution >= 0.6 is 0 Å². The summed E-state index contributed by atoms with van der Waals surface area (Å²) >= 11 is 0. The Morgan fingerprint density at radius 2 is 1.80 bits per heavy atom. The normalized spacial score (nSPS) is 11.1. The first-order chi connectivity index (χ1) is 9.38. The van der Waals surface area contributed by atoms with Crippen LogP contribution in [0, 0.1) is 5.82 Å². The molecule has 0 spiro atoms. The maximum absolute atomic E-state index is 13.0. The molecular formula is C13H11FN2O3S. The van der Waals surface area contributed by atoms with Crippen LogP contribution in [0.25, 0.3) is 0 Å². The van der Waals surface area contributed by atoms with Gasteiger partial charge < -0.3 is 5.32 Å². The van der Waals surface area contributed by atoms with Gasteiger partial charge in [0, 0.05) is 5.56 Å². The van der Waals surface area contributed by atoms with E-state index in [2.05, 4.69) is 5.32 Å². The van der Waals surface area contributed by atoms with Gasteiger partial charge in [0.2, 0.25) is 10.0 Å². The summed E-state index contributed by atoms with van der Waals surface area (Å²) in [5, 5.41) is 7.45. The first-order valence-corrected chi connectivity index (χ1v) is 7.11. The van der Waals surface area contributed by atoms with Crippen LogP contribution < -0.4 is 10.5 Å². The van der Waals surface area contributed by atoms with E-state index in [0.29, 0.717) is 0 Å². The third-order valence-electron chi connectivity index (χ3n) is 2.53. The van der Waals surface area contributed by atoms with Crippen LogP contribution in [0.4, 0.5) is 10.1 Å². The van der Waals surface area contributed by atoms with E-state index < -0.39 is 21.7 Å². The molecule has 0 aliphatic heterocycles. The number of hydrogen-bond acceptors (Lipinski definition) is 3. The zero-order valence-corrected chi connectivity index (χ0v) is 11.0. The van der Waals surface area contributed by atoms with Crippen LogP contribution in [0.2, 0.25) is 0 Å². The van der Waals surface area contributed by atoms with Gasteiger partial charge in [-0.25, -0.2) is 17.9 Å². The molecule has 7 heteroatoms. The van der Waals surface area contributed by atoms with Crippen molar-refractivity contribution in [2.45, 2.75) is 4.90 Å². The Labute approximate surface area is 115 Å². The minimum absolute atomic E-state index is 0.0456. The smallest absolute Gasteiger partial charge is 0.255 e. The maximum atomic E-state index is 13.0. The number of nitrogens with one attached hydrogen (secondary N) is 1. The van der Waals surface area contributed by atoms with Gasteiger partial charge in [-0.15, -0.1) is 0 Å². The molecule has 3 N–H and O–H groups in total. The Morgan fingerprint density at radius 1 is 1.10 bits per heavy atom. The molecule has 0 saturated carbocycles. The molecule has 0 fully saturated rings. The van der Waals surface area contributed by atoms with Gasteiger partial charge in [-0.05, 0) is 30.3 Å². The second-order valence-corrected chi connectivity index (χ2v) is 5.54. The lowest BCUT2D eigenvalue weighted by molar-refractivity contribution is 0.102. The third-order valence-corrected chi connectivity index (χ3v) is 3.50. The number of carbonyl (C=O) groups is 1. The number of para-hydroxylation sites is 1. The van der Waals surface area contributed by atoms with Crippen LogP contribution in [0.1, 0.15) is 10.4 Å². The molecule has 2 rings (SSSR count). The van der Waals surface area contributed by atoms with Crippen molar-refractivity contribution in [3.8, 4) is 0 Å². The summed E-state index contributed by atoms with van der Waals surface area (Å²) in [4.78, 5) is 11.7. The van der Waals surface area contributed by atoms with Crippen molar-refractivity contribution in [3.05, 3.63) is 59.9 Å². The molecule has 0 radical (unpaired) electrons. The second-order valence-electron chi connectivity index (χ2n) is 4.01. The van der Waals surface area contributed by atoms with Crippen molar-refractivity contribution >= 4 is 21.6 Å².